The smallest absolute Gasteiger partial charge is 0.399 e. The number of rotatable bonds is 3. The molecule has 2 aliphatic rings. The zero-order valence-corrected chi connectivity index (χ0v) is 14.1. The number of benzene rings is 1. The molecule has 0 saturated carbocycles. The largest absolute Gasteiger partial charge is 0.494 e. The van der Waals surface area contributed by atoms with E-state index >= 15 is 0 Å². The van der Waals surface area contributed by atoms with Crippen molar-refractivity contribution < 1.29 is 14.0 Å². The number of hydrogen-bond acceptors (Lipinski definition) is 4. The third-order valence-corrected chi connectivity index (χ3v) is 5.02. The SMILES string of the molecule is C.CC1(C)OB(c2ccc(CN3CCOCC3)cc2)OC1(C)C. The summed E-state index contributed by atoms with van der Waals surface area (Å²) in [5, 5.41) is 0. The van der Waals surface area contributed by atoms with Crippen molar-refractivity contribution in [3.8, 4) is 0 Å². The molecule has 2 heterocycles. The van der Waals surface area contributed by atoms with Gasteiger partial charge in [-0.05, 0) is 38.7 Å². The molecule has 4 nitrogen and oxygen atoms in total. The molecular weight excluding hydrogens is 289 g/mol. The predicted molar refractivity (Wildman–Crippen MR) is 95.0 cm³/mol. The Morgan fingerprint density at radius 2 is 1.48 bits per heavy atom. The van der Waals surface area contributed by atoms with Crippen LogP contribution in [0.2, 0.25) is 0 Å². The molecule has 0 aliphatic carbocycles. The molecule has 5 heteroatoms. The number of hydrogen-bond donors (Lipinski definition) is 0. The summed E-state index contributed by atoms with van der Waals surface area (Å²) < 4.78 is 17.6. The molecule has 0 unspecified atom stereocenters. The van der Waals surface area contributed by atoms with Crippen LogP contribution in [0.1, 0.15) is 40.7 Å². The Bertz CT molecular complexity index is 494. The van der Waals surface area contributed by atoms with E-state index in [2.05, 4.69) is 56.9 Å². The van der Waals surface area contributed by atoms with Crippen LogP contribution in [0.3, 0.4) is 0 Å². The van der Waals surface area contributed by atoms with Gasteiger partial charge in [0.2, 0.25) is 0 Å². The molecule has 0 amide bonds. The van der Waals surface area contributed by atoms with Crippen molar-refractivity contribution in [1.29, 1.82) is 0 Å². The first-order chi connectivity index (χ1) is 10.4. The van der Waals surface area contributed by atoms with Gasteiger partial charge >= 0.3 is 7.12 Å². The van der Waals surface area contributed by atoms with Crippen LogP contribution in [0.5, 0.6) is 0 Å². The average Bonchev–Trinajstić information content (AvgIpc) is 2.69. The molecule has 3 rings (SSSR count). The summed E-state index contributed by atoms with van der Waals surface area (Å²) >= 11 is 0. The van der Waals surface area contributed by atoms with Gasteiger partial charge < -0.3 is 14.0 Å². The molecule has 2 fully saturated rings. The van der Waals surface area contributed by atoms with Crippen molar-refractivity contribution in [2.75, 3.05) is 26.3 Å². The minimum atomic E-state index is -0.288. The Morgan fingerprint density at radius 3 is 2.00 bits per heavy atom. The average molecular weight is 319 g/mol. The fraction of sp³-hybridized carbons (Fsp3) is 0.667. The van der Waals surface area contributed by atoms with Gasteiger partial charge in [0.05, 0.1) is 24.4 Å². The van der Waals surface area contributed by atoms with Gasteiger partial charge in [0.1, 0.15) is 0 Å². The van der Waals surface area contributed by atoms with E-state index in [4.69, 9.17) is 14.0 Å². The molecule has 0 atom stereocenters. The Morgan fingerprint density at radius 1 is 0.957 bits per heavy atom. The zero-order chi connectivity index (χ0) is 15.8. The molecule has 23 heavy (non-hydrogen) atoms. The lowest BCUT2D eigenvalue weighted by Gasteiger charge is -2.32. The molecule has 0 radical (unpaired) electrons. The van der Waals surface area contributed by atoms with Crippen molar-refractivity contribution >= 4 is 12.6 Å². The monoisotopic (exact) mass is 319 g/mol. The highest BCUT2D eigenvalue weighted by Crippen LogP contribution is 2.36. The lowest BCUT2D eigenvalue weighted by atomic mass is 9.79. The summed E-state index contributed by atoms with van der Waals surface area (Å²) in [4.78, 5) is 2.42. The molecule has 1 aromatic carbocycles. The first-order valence-corrected chi connectivity index (χ1v) is 8.12. The second-order valence-electron chi connectivity index (χ2n) is 7.22. The Kier molecular flexibility index (Phi) is 5.57. The minimum Gasteiger partial charge on any atom is -0.399 e. The van der Waals surface area contributed by atoms with Gasteiger partial charge in [-0.15, -0.1) is 0 Å². The van der Waals surface area contributed by atoms with Crippen LogP contribution in [0.4, 0.5) is 0 Å². The van der Waals surface area contributed by atoms with Crippen molar-refractivity contribution in [2.24, 2.45) is 0 Å². The summed E-state index contributed by atoms with van der Waals surface area (Å²) in [6, 6.07) is 8.60. The van der Waals surface area contributed by atoms with E-state index in [9.17, 15) is 0 Å². The van der Waals surface area contributed by atoms with E-state index in [0.717, 1.165) is 38.3 Å². The maximum Gasteiger partial charge on any atom is 0.494 e. The van der Waals surface area contributed by atoms with Gasteiger partial charge in [-0.2, -0.15) is 0 Å². The van der Waals surface area contributed by atoms with Crippen LogP contribution in [-0.2, 0) is 20.6 Å². The van der Waals surface area contributed by atoms with Gasteiger partial charge in [-0.25, -0.2) is 0 Å². The van der Waals surface area contributed by atoms with Gasteiger partial charge in [0.15, 0.2) is 0 Å². The highest BCUT2D eigenvalue weighted by Gasteiger charge is 2.51. The molecule has 1 aromatic rings. The van der Waals surface area contributed by atoms with Crippen molar-refractivity contribution in [2.45, 2.75) is 52.9 Å². The standard InChI is InChI=1S/C17H26BNO3.CH4/c1-16(2)17(3,4)22-18(21-16)15-7-5-14(6-8-15)13-19-9-11-20-12-10-19;/h5-8H,9-13H2,1-4H3;1H4. The first kappa shape index (κ1) is 18.5. The van der Waals surface area contributed by atoms with E-state index in [1.165, 1.54) is 5.56 Å². The quantitative estimate of drug-likeness (QED) is 0.801. The number of ether oxygens (including phenoxy) is 1. The second kappa shape index (κ2) is 6.93. The molecular formula is C18H30BNO3. The van der Waals surface area contributed by atoms with Crippen LogP contribution < -0.4 is 5.46 Å². The topological polar surface area (TPSA) is 30.9 Å². The lowest BCUT2D eigenvalue weighted by Crippen LogP contribution is -2.41. The van der Waals surface area contributed by atoms with Crippen LogP contribution in [0.25, 0.3) is 0 Å². The zero-order valence-electron chi connectivity index (χ0n) is 14.1. The molecule has 0 spiro atoms. The van der Waals surface area contributed by atoms with Gasteiger partial charge in [0, 0.05) is 19.6 Å². The normalized spacial score (nSPS) is 23.6. The first-order valence-electron chi connectivity index (χ1n) is 8.12. The Hall–Kier alpha value is -0.875. The van der Waals surface area contributed by atoms with Crippen LogP contribution in [0.15, 0.2) is 24.3 Å². The van der Waals surface area contributed by atoms with E-state index in [0.29, 0.717) is 0 Å². The van der Waals surface area contributed by atoms with Crippen LogP contribution in [-0.4, -0.2) is 49.5 Å². The maximum atomic E-state index is 6.09. The predicted octanol–water partition coefficient (Wildman–Crippen LogP) is 2.45. The van der Waals surface area contributed by atoms with Crippen LogP contribution >= 0.6 is 0 Å². The van der Waals surface area contributed by atoms with E-state index in [-0.39, 0.29) is 25.7 Å². The van der Waals surface area contributed by atoms with E-state index < -0.39 is 0 Å². The third kappa shape index (κ3) is 3.97. The highest BCUT2D eigenvalue weighted by atomic mass is 16.7. The summed E-state index contributed by atoms with van der Waals surface area (Å²) in [5.74, 6) is 0. The Labute approximate surface area is 141 Å². The van der Waals surface area contributed by atoms with E-state index in [1.807, 2.05) is 0 Å². The fourth-order valence-electron chi connectivity index (χ4n) is 2.78. The Balaban J connectivity index is 0.00000192. The van der Waals surface area contributed by atoms with Gasteiger partial charge in [-0.1, -0.05) is 31.7 Å². The molecule has 0 N–H and O–H groups in total. The highest BCUT2D eigenvalue weighted by molar-refractivity contribution is 6.62. The van der Waals surface area contributed by atoms with Crippen molar-refractivity contribution in [1.82, 2.24) is 4.90 Å². The molecule has 2 aliphatic heterocycles. The lowest BCUT2D eigenvalue weighted by molar-refractivity contribution is 0.00578. The van der Waals surface area contributed by atoms with Crippen LogP contribution in [0, 0.1) is 0 Å². The van der Waals surface area contributed by atoms with Crippen molar-refractivity contribution in [3.05, 3.63) is 29.8 Å². The van der Waals surface area contributed by atoms with E-state index in [1.54, 1.807) is 0 Å². The molecule has 128 valence electrons. The summed E-state index contributed by atoms with van der Waals surface area (Å²) in [5.41, 5.74) is 1.83. The molecule has 0 aromatic heterocycles. The fourth-order valence-corrected chi connectivity index (χ4v) is 2.78. The van der Waals surface area contributed by atoms with Gasteiger partial charge in [0.25, 0.3) is 0 Å². The maximum absolute atomic E-state index is 6.09. The summed E-state index contributed by atoms with van der Waals surface area (Å²) in [7, 11) is -0.276. The van der Waals surface area contributed by atoms with Gasteiger partial charge in [-0.3, -0.25) is 4.90 Å². The molecule has 2 saturated heterocycles. The third-order valence-electron chi connectivity index (χ3n) is 5.02. The minimum absolute atomic E-state index is 0. The molecule has 0 bridgehead atoms. The summed E-state index contributed by atoms with van der Waals surface area (Å²) in [6.07, 6.45) is 0. The summed E-state index contributed by atoms with van der Waals surface area (Å²) in [6.45, 7) is 13.0. The number of morpholine rings is 1. The second-order valence-corrected chi connectivity index (χ2v) is 7.22. The van der Waals surface area contributed by atoms with Crippen molar-refractivity contribution in [3.63, 3.8) is 0 Å². The number of nitrogens with zero attached hydrogens (tertiary/aromatic N) is 1.